The number of hydrogen-bond donors (Lipinski definition) is 11. The normalized spacial score (nSPS) is 22.4. The van der Waals surface area contributed by atoms with Gasteiger partial charge < -0.3 is 87.3 Å². The maximum atomic E-state index is 14.2. The van der Waals surface area contributed by atoms with Gasteiger partial charge in [-0.2, -0.15) is 0 Å². The minimum Gasteiger partial charge on any atom is -0.480 e. The molecular formula is C76H119ClN12O17. The quantitative estimate of drug-likeness (QED) is 0.0648. The smallest absolute Gasteiger partial charge is 0.408 e. The zero-order valence-corrected chi connectivity index (χ0v) is 66.2. The Morgan fingerprint density at radius 3 is 1.22 bits per heavy atom. The van der Waals surface area contributed by atoms with E-state index in [4.69, 9.17) is 15.2 Å². The molecule has 0 radical (unpaired) electrons. The van der Waals surface area contributed by atoms with Crippen LogP contribution < -0.4 is 43.0 Å². The van der Waals surface area contributed by atoms with Crippen LogP contribution in [-0.2, 0) is 57.4 Å². The number of aliphatic hydroxyl groups excluding tert-OH is 2. The molecule has 0 spiro atoms. The maximum Gasteiger partial charge on any atom is 0.408 e. The van der Waals surface area contributed by atoms with E-state index >= 15 is 0 Å². The van der Waals surface area contributed by atoms with Gasteiger partial charge in [-0.1, -0.05) is 156 Å². The van der Waals surface area contributed by atoms with Gasteiger partial charge in [0, 0.05) is 53.2 Å². The standard InChI is InChI=1S/C38H58N6O8.C19H28N4O4.C19H32N2O5.ClH/c1-36(2,3)30(42-35(51)52-37(4,5)6)34(50)44-20-23-26(38(23,7)8)28(44)31(47)40-24(18-21-16-17-21)29(46)32(48)39-19-25(45)41-27(33(49)43(9)10)22-14-12-11-13-15-22;1-23(2)19(27)16(13-6-4-3-5-7-13)22-15(24)11-21-18(26)17(25)14(20)10-12-8-9-12;1-17(2,3)13(20-16(25)26-18(4,5)6)14(22)21-9-10-11(19(10,7)8)12(21)15(23)24;/h11-15,21,23-24,26-30,46H,16-20H2,1-10H3,(H,39,48)(H,40,47)(H,41,45)(H,42,51);3-7,12,14,16-17,25H,8-11,20H2,1-2H3,(H,21,26)(H,22,24);10-13H,9H2,1-8H3,(H,20,25)(H,23,24);1H/t23?,24?,26-,27-,28-,29+,30+;14?,16-,17?;10?,11-,12-,13+;/m000./s1. The molecule has 106 heavy (non-hydrogen) atoms. The highest BCUT2D eigenvalue weighted by atomic mass is 35.5. The average molecular weight is 1510 g/mol. The van der Waals surface area contributed by atoms with Gasteiger partial charge in [-0.15, -0.1) is 12.4 Å². The Morgan fingerprint density at radius 2 is 0.877 bits per heavy atom. The molecule has 0 aromatic heterocycles. The van der Waals surface area contributed by atoms with Crippen LogP contribution in [0.2, 0.25) is 0 Å². The van der Waals surface area contributed by atoms with Gasteiger partial charge in [0.25, 0.3) is 11.8 Å². The number of rotatable bonds is 25. The molecule has 14 atom stereocenters. The zero-order chi connectivity index (χ0) is 79.1. The largest absolute Gasteiger partial charge is 0.480 e. The fraction of sp³-hybridized carbons (Fsp3) is 0.684. The number of halogens is 1. The number of alkyl carbamates (subject to hydrolysis) is 2. The summed E-state index contributed by atoms with van der Waals surface area (Å²) >= 11 is 0. The van der Waals surface area contributed by atoms with E-state index in [0.717, 1.165) is 25.7 Å². The van der Waals surface area contributed by atoms with E-state index in [1.54, 1.807) is 124 Å². The predicted molar refractivity (Wildman–Crippen MR) is 397 cm³/mol. The Balaban J connectivity index is 0.000000314. The molecule has 8 rings (SSSR count). The third kappa shape index (κ3) is 23.9. The Kier molecular flexibility index (Phi) is 29.4. The van der Waals surface area contributed by atoms with E-state index in [2.05, 4.69) is 37.2 Å². The van der Waals surface area contributed by atoms with Crippen molar-refractivity contribution in [3.05, 3.63) is 71.8 Å². The number of carboxylic acid groups (broad SMARTS) is 1. The fourth-order valence-electron chi connectivity index (χ4n) is 13.9. The third-order valence-corrected chi connectivity index (χ3v) is 20.4. The lowest BCUT2D eigenvalue weighted by Gasteiger charge is -2.38. The number of nitrogens with one attached hydrogen (secondary N) is 7. The number of benzene rings is 2. The van der Waals surface area contributed by atoms with Crippen molar-refractivity contribution in [2.75, 3.05) is 54.4 Å². The molecule has 2 heterocycles. The molecule has 2 saturated heterocycles. The fourth-order valence-corrected chi connectivity index (χ4v) is 13.9. The summed E-state index contributed by atoms with van der Waals surface area (Å²) in [6.45, 7) is 29.5. The number of nitrogens with zero attached hydrogens (tertiary/aromatic N) is 4. The number of ether oxygens (including phenoxy) is 2. The molecule has 4 saturated carbocycles. The lowest BCUT2D eigenvalue weighted by atomic mass is 9.85. The van der Waals surface area contributed by atoms with Crippen molar-refractivity contribution < 1.29 is 82.3 Å². The number of amides is 11. The summed E-state index contributed by atoms with van der Waals surface area (Å²) in [6.07, 6.45) is 0.398. The van der Waals surface area contributed by atoms with Crippen molar-refractivity contribution in [3.8, 4) is 0 Å². The van der Waals surface area contributed by atoms with Gasteiger partial charge in [0.2, 0.25) is 41.4 Å². The molecule has 6 fully saturated rings. The van der Waals surface area contributed by atoms with E-state index in [1.165, 1.54) is 19.6 Å². The Bertz CT molecular complexity index is 3470. The van der Waals surface area contributed by atoms with Gasteiger partial charge in [0.15, 0.2) is 6.10 Å². The van der Waals surface area contributed by atoms with Crippen molar-refractivity contribution in [2.45, 2.75) is 221 Å². The Morgan fingerprint density at radius 1 is 0.528 bits per heavy atom. The molecular weight excluding hydrogens is 1390 g/mol. The topological polar surface area (TPSA) is 407 Å². The first-order valence-electron chi connectivity index (χ1n) is 36.3. The Hall–Kier alpha value is -8.15. The molecule has 5 unspecified atom stereocenters. The van der Waals surface area contributed by atoms with Gasteiger partial charge >= 0.3 is 18.2 Å². The minimum atomic E-state index is -1.68. The van der Waals surface area contributed by atoms with E-state index in [9.17, 15) is 72.9 Å². The van der Waals surface area contributed by atoms with Crippen molar-refractivity contribution >= 4 is 83.7 Å². The summed E-state index contributed by atoms with van der Waals surface area (Å²) in [5, 5.41) is 49.3. The lowest BCUT2D eigenvalue weighted by Crippen LogP contribution is -2.61. The first-order valence-corrected chi connectivity index (χ1v) is 36.3. The molecule has 2 aromatic carbocycles. The summed E-state index contributed by atoms with van der Waals surface area (Å²) in [6, 6.07) is 10.5. The number of carbonyl (C=O) groups excluding carboxylic acids is 11. The van der Waals surface area contributed by atoms with Gasteiger partial charge in [-0.05, 0) is 117 Å². The molecule has 592 valence electrons. The third-order valence-electron chi connectivity index (χ3n) is 20.4. The second-order valence-electron chi connectivity index (χ2n) is 34.8. The summed E-state index contributed by atoms with van der Waals surface area (Å²) in [5.74, 6) is -4.85. The zero-order valence-electron chi connectivity index (χ0n) is 65.4. The van der Waals surface area contributed by atoms with Crippen LogP contribution in [0.5, 0.6) is 0 Å². The number of hydrogen-bond acceptors (Lipinski definition) is 17. The summed E-state index contributed by atoms with van der Waals surface area (Å²) < 4.78 is 10.7. The number of nitrogens with two attached hydrogens (primary N) is 1. The predicted octanol–water partition coefficient (Wildman–Crippen LogP) is 4.57. The van der Waals surface area contributed by atoms with E-state index in [1.807, 2.05) is 75.3 Å². The molecule has 6 aliphatic rings. The number of likely N-dealkylation sites (N-methyl/N-ethyl adjacent to an activating group) is 2. The number of likely N-dealkylation sites (tertiary alicyclic amines) is 2. The van der Waals surface area contributed by atoms with Crippen LogP contribution in [-0.4, -0.2) is 220 Å². The van der Waals surface area contributed by atoms with Gasteiger partial charge in [0.1, 0.15) is 53.6 Å². The minimum absolute atomic E-state index is 0. The number of aliphatic hydroxyl groups is 2. The number of aliphatic carboxylic acids is 1. The van der Waals surface area contributed by atoms with Gasteiger partial charge in [-0.3, -0.25) is 43.2 Å². The maximum absolute atomic E-state index is 14.2. The molecule has 4 aliphatic carbocycles. The number of carbonyl (C=O) groups is 12. The van der Waals surface area contributed by atoms with Gasteiger partial charge in [-0.25, -0.2) is 14.4 Å². The molecule has 30 heteroatoms. The van der Waals surface area contributed by atoms with E-state index < -0.39 is 143 Å². The summed E-state index contributed by atoms with van der Waals surface area (Å²) in [5.41, 5.74) is 4.02. The second kappa shape index (κ2) is 35.3. The van der Waals surface area contributed by atoms with Crippen LogP contribution in [0.3, 0.4) is 0 Å². The van der Waals surface area contributed by atoms with Crippen LogP contribution >= 0.6 is 12.4 Å². The number of fused-ring (bicyclic) bond motifs is 2. The number of piperidine rings is 2. The first kappa shape index (κ1) is 88.5. The summed E-state index contributed by atoms with van der Waals surface area (Å²) in [4.78, 5) is 160. The molecule has 12 N–H and O–H groups in total. The second-order valence-corrected chi connectivity index (χ2v) is 34.8. The molecule has 29 nitrogen and oxygen atoms in total. The highest BCUT2D eigenvalue weighted by molar-refractivity contribution is 5.96. The van der Waals surface area contributed by atoms with E-state index in [0.29, 0.717) is 43.0 Å². The highest BCUT2D eigenvalue weighted by Gasteiger charge is 2.71. The summed E-state index contributed by atoms with van der Waals surface area (Å²) in [7, 11) is 6.35. The van der Waals surface area contributed by atoms with Crippen LogP contribution in [0, 0.1) is 57.2 Å². The van der Waals surface area contributed by atoms with Crippen molar-refractivity contribution in [1.29, 1.82) is 0 Å². The first-order chi connectivity index (χ1) is 48.4. The lowest BCUT2D eigenvalue weighted by molar-refractivity contribution is -0.152. The number of carboxylic acids is 1. The van der Waals surface area contributed by atoms with Crippen LogP contribution in [0.15, 0.2) is 60.7 Å². The molecule has 0 bridgehead atoms. The molecule has 2 aromatic rings. The van der Waals surface area contributed by atoms with Gasteiger partial charge in [0.05, 0.1) is 19.1 Å². The van der Waals surface area contributed by atoms with Crippen molar-refractivity contribution in [2.24, 2.45) is 62.9 Å². The van der Waals surface area contributed by atoms with Crippen molar-refractivity contribution in [1.82, 2.24) is 56.8 Å². The van der Waals surface area contributed by atoms with Crippen LogP contribution in [0.1, 0.15) is 173 Å². The molecule has 2 aliphatic heterocycles. The van der Waals surface area contributed by atoms with E-state index in [-0.39, 0.29) is 77.1 Å². The average Bonchev–Trinajstić information content (AvgIpc) is 1.53. The Labute approximate surface area is 630 Å². The van der Waals surface area contributed by atoms with Crippen molar-refractivity contribution in [3.63, 3.8) is 0 Å². The van der Waals surface area contributed by atoms with Crippen LogP contribution in [0.25, 0.3) is 0 Å². The van der Waals surface area contributed by atoms with Crippen LogP contribution in [0.4, 0.5) is 9.59 Å². The highest BCUT2D eigenvalue weighted by Crippen LogP contribution is 2.66. The monoisotopic (exact) mass is 1510 g/mol. The molecule has 11 amide bonds. The SMILES string of the molecule is CC(C)(C)OC(=O)N[C@H](C(=O)N1CC2[C@@H]([C@H]1C(=O)O)C2(C)C)C(C)(C)C.CN(C)C(=O)[C@@H](NC(=O)CNC(=O)C(O)C(N)CC1CC1)c1ccccc1.CN(C)C(=O)[C@@H](NC(=O)CNC(=O)[C@H](O)C(CC1CC1)NC(=O)[C@@H]1[C@@H]2C(CN1C(=O)[C@@H](NC(=O)OC(C)(C)C)C(C)(C)C)C2(C)C)c1ccccc1.Cl.